The standard InChI is InChI=1S/C21H35O3S/c1-8-10-13-24-18-12-11-17(21(6,7)16-20(3,4)5)15-19(18)25(22,23)14-9-2/h11-12,15H,2,8-10,13-14,16H2,1,3-7H3. The summed E-state index contributed by atoms with van der Waals surface area (Å²) in [6.45, 7) is 17.3. The first-order valence-electron chi connectivity index (χ1n) is 9.22. The van der Waals surface area contributed by atoms with Crippen LogP contribution in [0, 0.1) is 12.3 Å². The van der Waals surface area contributed by atoms with Gasteiger partial charge in [-0.15, -0.1) is 0 Å². The third-order valence-corrected chi connectivity index (χ3v) is 6.02. The van der Waals surface area contributed by atoms with Gasteiger partial charge in [-0.2, -0.15) is 0 Å². The first-order chi connectivity index (χ1) is 11.4. The zero-order valence-corrected chi connectivity index (χ0v) is 17.6. The van der Waals surface area contributed by atoms with Gasteiger partial charge in [-0.25, -0.2) is 8.42 Å². The highest BCUT2D eigenvalue weighted by Crippen LogP contribution is 2.39. The molecule has 0 aliphatic carbocycles. The molecule has 0 spiro atoms. The van der Waals surface area contributed by atoms with Crippen molar-refractivity contribution in [3.05, 3.63) is 30.7 Å². The maximum absolute atomic E-state index is 12.7. The molecule has 0 atom stereocenters. The van der Waals surface area contributed by atoms with E-state index in [2.05, 4.69) is 48.5 Å². The Bertz CT molecular complexity index is 652. The Morgan fingerprint density at radius 2 is 1.76 bits per heavy atom. The number of sulfone groups is 1. The molecule has 0 amide bonds. The topological polar surface area (TPSA) is 43.4 Å². The third-order valence-electron chi connectivity index (χ3n) is 4.20. The molecule has 0 heterocycles. The van der Waals surface area contributed by atoms with Gasteiger partial charge in [0.15, 0.2) is 9.84 Å². The molecule has 0 aliphatic heterocycles. The molecule has 1 rings (SSSR count). The first kappa shape index (κ1) is 22.0. The lowest BCUT2D eigenvalue weighted by molar-refractivity contribution is 0.282. The van der Waals surface area contributed by atoms with Gasteiger partial charge >= 0.3 is 0 Å². The first-order valence-corrected chi connectivity index (χ1v) is 10.9. The van der Waals surface area contributed by atoms with Crippen LogP contribution in [0.5, 0.6) is 5.75 Å². The fourth-order valence-corrected chi connectivity index (χ4v) is 4.69. The van der Waals surface area contributed by atoms with Crippen LogP contribution in [0.1, 0.15) is 72.8 Å². The molecule has 3 nitrogen and oxygen atoms in total. The summed E-state index contributed by atoms with van der Waals surface area (Å²) in [5.41, 5.74) is 1.08. The van der Waals surface area contributed by atoms with Crippen LogP contribution >= 0.6 is 0 Å². The second-order valence-corrected chi connectivity index (χ2v) is 10.7. The Hall–Kier alpha value is -1.03. The van der Waals surface area contributed by atoms with Gasteiger partial charge < -0.3 is 4.74 Å². The Morgan fingerprint density at radius 3 is 2.28 bits per heavy atom. The van der Waals surface area contributed by atoms with Crippen LogP contribution in [0.3, 0.4) is 0 Å². The summed E-state index contributed by atoms with van der Waals surface area (Å²) in [7, 11) is -3.39. The molecule has 1 aromatic rings. The SMILES string of the molecule is [CH2]CCS(=O)(=O)c1cc(C(C)(C)CC(C)(C)C)ccc1OCCCC. The van der Waals surface area contributed by atoms with E-state index in [4.69, 9.17) is 4.74 Å². The summed E-state index contributed by atoms with van der Waals surface area (Å²) in [6.07, 6.45) is 3.24. The van der Waals surface area contributed by atoms with E-state index in [1.54, 1.807) is 0 Å². The summed E-state index contributed by atoms with van der Waals surface area (Å²) in [4.78, 5) is 0.312. The minimum Gasteiger partial charge on any atom is -0.492 e. The average Bonchev–Trinajstić information content (AvgIpc) is 2.45. The van der Waals surface area contributed by atoms with E-state index in [9.17, 15) is 8.42 Å². The fraction of sp³-hybridized carbons (Fsp3) is 0.667. The monoisotopic (exact) mass is 367 g/mol. The van der Waals surface area contributed by atoms with Crippen molar-refractivity contribution in [3.63, 3.8) is 0 Å². The Labute approximate surface area is 155 Å². The molecule has 0 aromatic heterocycles. The molecule has 143 valence electrons. The minimum atomic E-state index is -3.39. The molecule has 0 saturated carbocycles. The number of hydrogen-bond acceptors (Lipinski definition) is 3. The van der Waals surface area contributed by atoms with Gasteiger partial charge in [0.2, 0.25) is 0 Å². The van der Waals surface area contributed by atoms with Crippen molar-refractivity contribution < 1.29 is 13.2 Å². The molecule has 0 saturated heterocycles. The Kier molecular flexibility index (Phi) is 7.54. The van der Waals surface area contributed by atoms with Gasteiger partial charge in [-0.05, 0) is 47.8 Å². The van der Waals surface area contributed by atoms with Gasteiger partial charge in [0.1, 0.15) is 10.6 Å². The lowest BCUT2D eigenvalue weighted by Crippen LogP contribution is -2.25. The highest BCUT2D eigenvalue weighted by molar-refractivity contribution is 7.91. The van der Waals surface area contributed by atoms with E-state index < -0.39 is 9.84 Å². The molecule has 1 aromatic carbocycles. The van der Waals surface area contributed by atoms with Crippen LogP contribution in [0.25, 0.3) is 0 Å². The molecule has 1 radical (unpaired) electrons. The average molecular weight is 368 g/mol. The molecule has 25 heavy (non-hydrogen) atoms. The molecular formula is C21H35O3S. The van der Waals surface area contributed by atoms with E-state index in [0.717, 1.165) is 24.8 Å². The fourth-order valence-electron chi connectivity index (χ4n) is 3.35. The normalized spacial score (nSPS) is 13.1. The minimum absolute atomic E-state index is 0.0420. The molecular weight excluding hydrogens is 332 g/mol. The van der Waals surface area contributed by atoms with E-state index in [1.165, 1.54) is 0 Å². The molecule has 0 aliphatic rings. The smallest absolute Gasteiger partial charge is 0.182 e. The highest BCUT2D eigenvalue weighted by atomic mass is 32.2. The Morgan fingerprint density at radius 1 is 1.12 bits per heavy atom. The van der Waals surface area contributed by atoms with Crippen molar-refractivity contribution in [1.82, 2.24) is 0 Å². The predicted octanol–water partition coefficient (Wildman–Crippen LogP) is 5.58. The zero-order chi connectivity index (χ0) is 19.3. The molecule has 4 heteroatoms. The van der Waals surface area contributed by atoms with Gasteiger partial charge in [-0.3, -0.25) is 0 Å². The van der Waals surface area contributed by atoms with Gasteiger partial charge in [0.05, 0.1) is 12.4 Å². The number of unbranched alkanes of at least 4 members (excludes halogenated alkanes) is 1. The number of hydrogen-bond donors (Lipinski definition) is 0. The maximum atomic E-state index is 12.7. The van der Waals surface area contributed by atoms with E-state index in [-0.39, 0.29) is 16.6 Å². The lowest BCUT2D eigenvalue weighted by atomic mass is 9.72. The summed E-state index contributed by atoms with van der Waals surface area (Å²) in [6, 6.07) is 5.65. The molecule has 0 unspecified atom stereocenters. The lowest BCUT2D eigenvalue weighted by Gasteiger charge is -2.33. The van der Waals surface area contributed by atoms with Crippen LogP contribution in [-0.4, -0.2) is 20.8 Å². The second-order valence-electron chi connectivity index (χ2n) is 8.66. The van der Waals surface area contributed by atoms with E-state index >= 15 is 0 Å². The molecule has 0 bridgehead atoms. The van der Waals surface area contributed by atoms with Crippen molar-refractivity contribution in [2.24, 2.45) is 5.41 Å². The number of ether oxygens (including phenoxy) is 1. The molecule has 0 N–H and O–H groups in total. The molecule has 0 fully saturated rings. The van der Waals surface area contributed by atoms with Crippen LogP contribution in [-0.2, 0) is 15.3 Å². The van der Waals surface area contributed by atoms with E-state index in [0.29, 0.717) is 23.7 Å². The summed E-state index contributed by atoms with van der Waals surface area (Å²) in [5, 5.41) is 0. The van der Waals surface area contributed by atoms with Gasteiger partial charge in [0.25, 0.3) is 0 Å². The third kappa shape index (κ3) is 6.65. The van der Waals surface area contributed by atoms with Crippen molar-refractivity contribution in [2.45, 2.75) is 77.5 Å². The maximum Gasteiger partial charge on any atom is 0.182 e. The quantitative estimate of drug-likeness (QED) is 0.535. The Balaban J connectivity index is 3.32. The second kappa shape index (κ2) is 8.57. The van der Waals surface area contributed by atoms with Gasteiger partial charge in [0, 0.05) is 0 Å². The summed E-state index contributed by atoms with van der Waals surface area (Å²) < 4.78 is 31.2. The largest absolute Gasteiger partial charge is 0.492 e. The van der Waals surface area contributed by atoms with Crippen molar-refractivity contribution in [2.75, 3.05) is 12.4 Å². The van der Waals surface area contributed by atoms with Crippen LogP contribution in [0.2, 0.25) is 0 Å². The van der Waals surface area contributed by atoms with Crippen LogP contribution < -0.4 is 4.74 Å². The van der Waals surface area contributed by atoms with Crippen molar-refractivity contribution >= 4 is 9.84 Å². The van der Waals surface area contributed by atoms with Crippen molar-refractivity contribution in [1.29, 1.82) is 0 Å². The summed E-state index contributed by atoms with van der Waals surface area (Å²) in [5.74, 6) is 0.512. The van der Waals surface area contributed by atoms with Gasteiger partial charge in [-0.1, -0.05) is 61.0 Å². The van der Waals surface area contributed by atoms with Crippen LogP contribution in [0.15, 0.2) is 23.1 Å². The zero-order valence-electron chi connectivity index (χ0n) is 16.8. The van der Waals surface area contributed by atoms with Crippen molar-refractivity contribution in [3.8, 4) is 5.75 Å². The van der Waals surface area contributed by atoms with Crippen LogP contribution in [0.4, 0.5) is 0 Å². The highest BCUT2D eigenvalue weighted by Gasteiger charge is 2.29. The summed E-state index contributed by atoms with van der Waals surface area (Å²) >= 11 is 0. The predicted molar refractivity (Wildman–Crippen MR) is 106 cm³/mol. The van der Waals surface area contributed by atoms with E-state index in [1.807, 2.05) is 18.2 Å². The number of rotatable bonds is 9. The number of benzene rings is 1.